The molecule has 0 saturated carbocycles. The van der Waals surface area contributed by atoms with Crippen molar-refractivity contribution in [3.8, 4) is 0 Å². The van der Waals surface area contributed by atoms with Crippen LogP contribution in [0.25, 0.3) is 0 Å². The Hall–Kier alpha value is -1.41. The van der Waals surface area contributed by atoms with Gasteiger partial charge in [-0.1, -0.05) is 0 Å². The Kier molecular flexibility index (Phi) is 3.76. The lowest BCUT2D eigenvalue weighted by Gasteiger charge is -2.49. The second-order valence-electron chi connectivity index (χ2n) is 6.07. The van der Waals surface area contributed by atoms with E-state index in [2.05, 4.69) is 9.97 Å². The van der Waals surface area contributed by atoms with E-state index >= 15 is 0 Å². The molecule has 2 aliphatic rings. The number of nitrogens with zero attached hydrogens (tertiary/aromatic N) is 2. The molecule has 2 fully saturated rings. The maximum atomic E-state index is 12.4. The molecule has 8 heteroatoms. The van der Waals surface area contributed by atoms with Gasteiger partial charge in [0.15, 0.2) is 9.84 Å². The van der Waals surface area contributed by atoms with E-state index in [1.807, 2.05) is 6.92 Å². The minimum atomic E-state index is -3.18. The molecule has 1 N–H and O–H groups in total. The Balaban J connectivity index is 1.76. The maximum Gasteiger partial charge on any atom is 0.274 e. The molecule has 0 unspecified atom stereocenters. The molecule has 2 saturated heterocycles. The number of amides is 1. The Bertz CT molecular complexity index is 676. The monoisotopic (exact) mass is 327 g/mol. The highest BCUT2D eigenvalue weighted by molar-refractivity contribution is 7.93. The average molecular weight is 327 g/mol. The van der Waals surface area contributed by atoms with Crippen LogP contribution in [0.3, 0.4) is 0 Å². The lowest BCUT2D eigenvalue weighted by Crippen LogP contribution is -2.68. The second kappa shape index (κ2) is 5.34. The van der Waals surface area contributed by atoms with Crippen LogP contribution in [0.15, 0.2) is 6.33 Å². The highest BCUT2D eigenvalue weighted by atomic mass is 32.2. The van der Waals surface area contributed by atoms with E-state index in [1.165, 1.54) is 6.33 Å². The fourth-order valence-electron chi connectivity index (χ4n) is 3.44. The van der Waals surface area contributed by atoms with Crippen molar-refractivity contribution >= 4 is 15.7 Å². The molecule has 122 valence electrons. The normalized spacial score (nSPS) is 25.4. The van der Waals surface area contributed by atoms with Crippen molar-refractivity contribution in [2.24, 2.45) is 5.92 Å². The van der Waals surface area contributed by atoms with Crippen LogP contribution in [0.4, 0.5) is 0 Å². The number of sulfone groups is 1. The summed E-state index contributed by atoms with van der Waals surface area (Å²) in [5.74, 6) is -0.0443. The van der Waals surface area contributed by atoms with Crippen LogP contribution in [0.2, 0.25) is 0 Å². The van der Waals surface area contributed by atoms with E-state index < -0.39 is 14.6 Å². The summed E-state index contributed by atoms with van der Waals surface area (Å²) in [6.45, 7) is 5.18. The zero-order valence-corrected chi connectivity index (χ0v) is 13.6. The summed E-state index contributed by atoms with van der Waals surface area (Å²) in [4.78, 5) is 20.9. The quantitative estimate of drug-likeness (QED) is 0.863. The summed E-state index contributed by atoms with van der Waals surface area (Å²) >= 11 is 0. The Morgan fingerprint density at radius 3 is 2.86 bits per heavy atom. The molecule has 7 nitrogen and oxygen atoms in total. The predicted molar refractivity (Wildman–Crippen MR) is 80.3 cm³/mol. The molecule has 1 aromatic heterocycles. The number of likely N-dealkylation sites (tertiary alicyclic amines) is 1. The van der Waals surface area contributed by atoms with E-state index in [1.54, 1.807) is 11.8 Å². The first-order valence-corrected chi connectivity index (χ1v) is 9.16. The van der Waals surface area contributed by atoms with Gasteiger partial charge in [-0.05, 0) is 20.3 Å². The maximum absolute atomic E-state index is 12.4. The van der Waals surface area contributed by atoms with Crippen LogP contribution >= 0.6 is 0 Å². The van der Waals surface area contributed by atoms with E-state index in [9.17, 15) is 13.2 Å². The third-order valence-electron chi connectivity index (χ3n) is 4.86. The topological polar surface area (TPSA) is 92.4 Å². The fraction of sp³-hybridized carbons (Fsp3) is 0.714. The van der Waals surface area contributed by atoms with Gasteiger partial charge in [0.25, 0.3) is 5.91 Å². The summed E-state index contributed by atoms with van der Waals surface area (Å²) in [6.07, 6.45) is 2.09. The van der Waals surface area contributed by atoms with Crippen LogP contribution in [-0.4, -0.2) is 66.0 Å². The molecule has 0 aliphatic carbocycles. The Labute approximate surface area is 130 Å². The molecule has 1 amide bonds. The third-order valence-corrected chi connectivity index (χ3v) is 7.46. The fourth-order valence-corrected chi connectivity index (χ4v) is 5.84. The van der Waals surface area contributed by atoms with Crippen LogP contribution < -0.4 is 0 Å². The standard InChI is InChI=1S/C14H21N3O4S/c1-3-21-6-11-4-5-22(19,20)14(11)7-17(8-14)13(18)12-10(2)15-9-16-12/h9,11H,3-8H2,1-2H3,(H,15,16)/t11-/m1/s1. The van der Waals surface area contributed by atoms with Crippen molar-refractivity contribution in [2.45, 2.75) is 25.0 Å². The highest BCUT2D eigenvalue weighted by Gasteiger charge is 2.62. The van der Waals surface area contributed by atoms with Gasteiger partial charge < -0.3 is 14.6 Å². The molecular formula is C14H21N3O4S. The summed E-state index contributed by atoms with van der Waals surface area (Å²) in [5.41, 5.74) is 1.07. The number of aromatic nitrogens is 2. The summed E-state index contributed by atoms with van der Waals surface area (Å²) in [7, 11) is -3.18. The van der Waals surface area contributed by atoms with Crippen molar-refractivity contribution in [3.05, 3.63) is 17.7 Å². The molecular weight excluding hydrogens is 306 g/mol. The Morgan fingerprint density at radius 1 is 1.55 bits per heavy atom. The van der Waals surface area contributed by atoms with Crippen molar-refractivity contribution in [1.29, 1.82) is 0 Å². The molecule has 1 spiro atoms. The van der Waals surface area contributed by atoms with Gasteiger partial charge in [-0.25, -0.2) is 13.4 Å². The second-order valence-corrected chi connectivity index (χ2v) is 8.52. The van der Waals surface area contributed by atoms with Gasteiger partial charge in [0.05, 0.1) is 18.7 Å². The minimum Gasteiger partial charge on any atom is -0.381 e. The number of ether oxygens (including phenoxy) is 1. The van der Waals surface area contributed by atoms with Gasteiger partial charge in [0.1, 0.15) is 10.4 Å². The average Bonchev–Trinajstić information content (AvgIpc) is 2.95. The van der Waals surface area contributed by atoms with Gasteiger partial charge in [-0.15, -0.1) is 0 Å². The number of H-pyrrole nitrogens is 1. The van der Waals surface area contributed by atoms with Gasteiger partial charge >= 0.3 is 0 Å². The first kappa shape index (κ1) is 15.5. The number of hydrogen-bond donors (Lipinski definition) is 1. The van der Waals surface area contributed by atoms with E-state index in [-0.39, 0.29) is 30.7 Å². The molecule has 0 radical (unpaired) electrons. The third kappa shape index (κ3) is 2.16. The Morgan fingerprint density at radius 2 is 2.27 bits per heavy atom. The largest absolute Gasteiger partial charge is 0.381 e. The van der Waals surface area contributed by atoms with Crippen molar-refractivity contribution in [2.75, 3.05) is 32.1 Å². The SMILES string of the molecule is CCOC[C@H]1CCS(=O)(=O)C12CN(C(=O)c1nc[nH]c1C)C2. The number of nitrogens with one attached hydrogen (secondary N) is 1. The number of rotatable bonds is 4. The van der Waals surface area contributed by atoms with Gasteiger partial charge in [-0.2, -0.15) is 0 Å². The molecule has 1 aromatic rings. The predicted octanol–water partition coefficient (Wildman–Crippen LogP) is 0.384. The first-order chi connectivity index (χ1) is 10.4. The van der Waals surface area contributed by atoms with Crippen molar-refractivity contribution in [3.63, 3.8) is 0 Å². The zero-order valence-electron chi connectivity index (χ0n) is 12.8. The lowest BCUT2D eigenvalue weighted by molar-refractivity contribution is 0.0267. The molecule has 3 rings (SSSR count). The van der Waals surface area contributed by atoms with E-state index in [0.29, 0.717) is 31.0 Å². The lowest BCUT2D eigenvalue weighted by atomic mass is 9.83. The molecule has 1 atom stereocenters. The smallest absolute Gasteiger partial charge is 0.274 e. The van der Waals surface area contributed by atoms with Crippen LogP contribution in [0.1, 0.15) is 29.5 Å². The van der Waals surface area contributed by atoms with Gasteiger partial charge in [0.2, 0.25) is 0 Å². The number of carbonyl (C=O) groups is 1. The van der Waals surface area contributed by atoms with E-state index in [0.717, 1.165) is 0 Å². The van der Waals surface area contributed by atoms with Crippen LogP contribution in [0.5, 0.6) is 0 Å². The van der Waals surface area contributed by atoms with Crippen molar-refractivity contribution in [1.82, 2.24) is 14.9 Å². The number of hydrogen-bond acceptors (Lipinski definition) is 5. The van der Waals surface area contributed by atoms with Gasteiger partial charge in [0, 0.05) is 31.3 Å². The van der Waals surface area contributed by atoms with E-state index in [4.69, 9.17) is 4.74 Å². The molecule has 3 heterocycles. The van der Waals surface area contributed by atoms with Gasteiger partial charge in [-0.3, -0.25) is 4.79 Å². The molecule has 0 aromatic carbocycles. The summed E-state index contributed by atoms with van der Waals surface area (Å²) in [6, 6.07) is 0. The first-order valence-electron chi connectivity index (χ1n) is 7.50. The number of imidazole rings is 1. The molecule has 2 aliphatic heterocycles. The minimum absolute atomic E-state index is 0.0261. The highest BCUT2D eigenvalue weighted by Crippen LogP contribution is 2.45. The summed E-state index contributed by atoms with van der Waals surface area (Å²) < 4.78 is 29.5. The van der Waals surface area contributed by atoms with Crippen LogP contribution in [0, 0.1) is 12.8 Å². The van der Waals surface area contributed by atoms with Crippen molar-refractivity contribution < 1.29 is 17.9 Å². The number of aryl methyl sites for hydroxylation is 1. The zero-order chi connectivity index (χ0) is 16.0. The summed E-state index contributed by atoms with van der Waals surface area (Å²) in [5, 5.41) is 0. The number of aromatic amines is 1. The van der Waals surface area contributed by atoms with Crippen LogP contribution in [-0.2, 0) is 14.6 Å². The molecule has 0 bridgehead atoms. The molecule has 22 heavy (non-hydrogen) atoms. The number of carbonyl (C=O) groups excluding carboxylic acids is 1.